The van der Waals surface area contributed by atoms with Crippen molar-refractivity contribution in [2.24, 2.45) is 0 Å². The number of amides is 2. The Labute approximate surface area is 183 Å². The highest BCUT2D eigenvalue weighted by Gasteiger charge is 2.44. The van der Waals surface area contributed by atoms with E-state index < -0.39 is 35.2 Å². The van der Waals surface area contributed by atoms with Crippen LogP contribution in [0, 0.1) is 0 Å². The third-order valence-electron chi connectivity index (χ3n) is 5.05. The molecule has 0 aromatic heterocycles. The van der Waals surface area contributed by atoms with Crippen molar-refractivity contribution in [3.63, 3.8) is 0 Å². The van der Waals surface area contributed by atoms with Crippen LogP contribution in [-0.2, 0) is 25.5 Å². The number of benzene rings is 1. The Balaban J connectivity index is 2.17. The zero-order valence-corrected chi connectivity index (χ0v) is 18.8. The minimum absolute atomic E-state index is 0.115. The van der Waals surface area contributed by atoms with Gasteiger partial charge in [-0.15, -0.1) is 0 Å². The van der Waals surface area contributed by atoms with Crippen LogP contribution in [0.5, 0.6) is 5.75 Å². The van der Waals surface area contributed by atoms with Crippen LogP contribution in [0.1, 0.15) is 65.4 Å². The maximum Gasteiger partial charge on any atom is 0.408 e. The van der Waals surface area contributed by atoms with Crippen LogP contribution in [0.25, 0.3) is 0 Å². The molecule has 1 aromatic carbocycles. The number of alkyl carbamates (subject to hydrolysis) is 1. The minimum atomic E-state index is -1.12. The van der Waals surface area contributed by atoms with E-state index >= 15 is 0 Å². The number of hydrogen-bond donors (Lipinski definition) is 3. The fourth-order valence-electron chi connectivity index (χ4n) is 3.55. The molecule has 0 aliphatic heterocycles. The van der Waals surface area contributed by atoms with Gasteiger partial charge in [0, 0.05) is 6.42 Å². The summed E-state index contributed by atoms with van der Waals surface area (Å²) in [5.74, 6) is -0.842. The van der Waals surface area contributed by atoms with E-state index in [0.717, 1.165) is 18.4 Å². The molecule has 0 bridgehead atoms. The van der Waals surface area contributed by atoms with Gasteiger partial charge in [0.25, 0.3) is 0 Å². The molecular formula is C23H34N2O6. The molecule has 2 rings (SSSR count). The van der Waals surface area contributed by atoms with E-state index in [1.165, 1.54) is 12.1 Å². The average molecular weight is 435 g/mol. The maximum absolute atomic E-state index is 13.3. The van der Waals surface area contributed by atoms with Crippen molar-refractivity contribution >= 4 is 18.0 Å². The second-order valence-electron chi connectivity index (χ2n) is 8.98. The fraction of sp³-hybridized carbons (Fsp3) is 0.609. The van der Waals surface area contributed by atoms with E-state index in [1.807, 2.05) is 6.92 Å². The van der Waals surface area contributed by atoms with E-state index in [4.69, 9.17) is 9.47 Å². The Morgan fingerprint density at radius 3 is 2.29 bits per heavy atom. The summed E-state index contributed by atoms with van der Waals surface area (Å²) in [5, 5.41) is 15.0. The summed E-state index contributed by atoms with van der Waals surface area (Å²) >= 11 is 0. The standard InChI is InChI=1S/C23H34N2O6/c1-5-14-30-19(27)18(15-16-8-10-17(26)11-9-16)24-20(28)23(12-6-7-13-23)25-21(29)31-22(2,3)4/h8-11,18,26H,5-7,12-15H2,1-4H3,(H,24,28)(H,25,29)/t18-/m0/s1. The molecule has 0 unspecified atom stereocenters. The van der Waals surface area contributed by atoms with Gasteiger partial charge in [-0.3, -0.25) is 4.79 Å². The topological polar surface area (TPSA) is 114 Å². The van der Waals surface area contributed by atoms with Crippen LogP contribution < -0.4 is 10.6 Å². The average Bonchev–Trinajstić information content (AvgIpc) is 3.15. The highest BCUT2D eigenvalue weighted by atomic mass is 16.6. The van der Waals surface area contributed by atoms with Gasteiger partial charge in [0.15, 0.2) is 0 Å². The molecule has 8 heteroatoms. The molecular weight excluding hydrogens is 400 g/mol. The molecule has 1 aliphatic rings. The Hall–Kier alpha value is -2.77. The van der Waals surface area contributed by atoms with Crippen molar-refractivity contribution in [3.05, 3.63) is 29.8 Å². The van der Waals surface area contributed by atoms with Crippen LogP contribution in [0.4, 0.5) is 4.79 Å². The fourth-order valence-corrected chi connectivity index (χ4v) is 3.55. The lowest BCUT2D eigenvalue weighted by atomic mass is 9.95. The Kier molecular flexibility index (Phi) is 8.30. The molecule has 1 saturated carbocycles. The number of carbonyl (C=O) groups excluding carboxylic acids is 3. The van der Waals surface area contributed by atoms with E-state index in [9.17, 15) is 19.5 Å². The zero-order chi connectivity index (χ0) is 23.1. The smallest absolute Gasteiger partial charge is 0.408 e. The van der Waals surface area contributed by atoms with Crippen LogP contribution in [0.2, 0.25) is 0 Å². The first kappa shape index (κ1) is 24.5. The summed E-state index contributed by atoms with van der Waals surface area (Å²) in [6, 6.07) is 5.50. The molecule has 1 fully saturated rings. The van der Waals surface area contributed by atoms with Gasteiger partial charge in [-0.05, 0) is 57.7 Å². The second-order valence-corrected chi connectivity index (χ2v) is 8.98. The number of nitrogens with one attached hydrogen (secondary N) is 2. The number of phenols is 1. The molecule has 8 nitrogen and oxygen atoms in total. The van der Waals surface area contributed by atoms with Crippen molar-refractivity contribution in [2.75, 3.05) is 6.61 Å². The number of aromatic hydroxyl groups is 1. The predicted molar refractivity (Wildman–Crippen MR) is 116 cm³/mol. The number of rotatable bonds is 8. The third kappa shape index (κ3) is 7.45. The van der Waals surface area contributed by atoms with Crippen LogP contribution in [-0.4, -0.2) is 46.9 Å². The van der Waals surface area contributed by atoms with Crippen molar-refractivity contribution in [1.82, 2.24) is 10.6 Å². The van der Waals surface area contributed by atoms with E-state index in [2.05, 4.69) is 10.6 Å². The summed E-state index contributed by atoms with van der Waals surface area (Å²) < 4.78 is 10.6. The molecule has 1 atom stereocenters. The number of esters is 1. The predicted octanol–water partition coefficient (Wildman–Crippen LogP) is 3.21. The first-order valence-electron chi connectivity index (χ1n) is 10.8. The van der Waals surface area contributed by atoms with Crippen LogP contribution in [0.3, 0.4) is 0 Å². The van der Waals surface area contributed by atoms with Gasteiger partial charge in [-0.1, -0.05) is 31.9 Å². The minimum Gasteiger partial charge on any atom is -0.508 e. The highest BCUT2D eigenvalue weighted by molar-refractivity contribution is 5.93. The molecule has 2 amide bonds. The molecule has 172 valence electrons. The monoisotopic (exact) mass is 434 g/mol. The lowest BCUT2D eigenvalue weighted by molar-refractivity contribution is -0.148. The van der Waals surface area contributed by atoms with Gasteiger partial charge >= 0.3 is 12.1 Å². The second kappa shape index (κ2) is 10.5. The van der Waals surface area contributed by atoms with Crippen molar-refractivity contribution in [2.45, 2.75) is 83.4 Å². The summed E-state index contributed by atoms with van der Waals surface area (Å²) in [6.45, 7) is 7.41. The lowest BCUT2D eigenvalue weighted by Gasteiger charge is -2.32. The maximum atomic E-state index is 13.3. The Morgan fingerprint density at radius 1 is 1.13 bits per heavy atom. The molecule has 0 saturated heterocycles. The third-order valence-corrected chi connectivity index (χ3v) is 5.05. The number of phenolic OH excluding ortho intramolecular Hbond substituents is 1. The molecule has 0 spiro atoms. The molecule has 1 aromatic rings. The molecule has 0 radical (unpaired) electrons. The quantitative estimate of drug-likeness (QED) is 0.542. The summed E-state index contributed by atoms with van der Waals surface area (Å²) in [6.07, 6.45) is 2.71. The SMILES string of the molecule is CCCOC(=O)[C@H](Cc1ccc(O)cc1)NC(=O)C1(NC(=O)OC(C)(C)C)CCCC1. The first-order chi connectivity index (χ1) is 14.5. The zero-order valence-electron chi connectivity index (χ0n) is 18.8. The summed E-state index contributed by atoms with van der Waals surface area (Å²) in [7, 11) is 0. The van der Waals surface area contributed by atoms with Crippen molar-refractivity contribution in [3.8, 4) is 5.75 Å². The van der Waals surface area contributed by atoms with Gasteiger partial charge in [0.1, 0.15) is 22.9 Å². The van der Waals surface area contributed by atoms with Gasteiger partial charge in [-0.25, -0.2) is 9.59 Å². The van der Waals surface area contributed by atoms with E-state index in [-0.39, 0.29) is 18.8 Å². The summed E-state index contributed by atoms with van der Waals surface area (Å²) in [4.78, 5) is 38.3. The van der Waals surface area contributed by atoms with Crippen LogP contribution in [0.15, 0.2) is 24.3 Å². The number of ether oxygens (including phenoxy) is 2. The normalized spacial score (nSPS) is 16.3. The Bertz CT molecular complexity index is 763. The van der Waals surface area contributed by atoms with E-state index in [0.29, 0.717) is 19.3 Å². The van der Waals surface area contributed by atoms with Crippen molar-refractivity contribution < 1.29 is 29.0 Å². The molecule has 1 aliphatic carbocycles. The van der Waals surface area contributed by atoms with Gasteiger partial charge in [0.05, 0.1) is 6.61 Å². The number of hydrogen-bond acceptors (Lipinski definition) is 6. The van der Waals surface area contributed by atoms with Gasteiger partial charge < -0.3 is 25.2 Å². The largest absolute Gasteiger partial charge is 0.508 e. The van der Waals surface area contributed by atoms with Gasteiger partial charge in [0.2, 0.25) is 5.91 Å². The molecule has 3 N–H and O–H groups in total. The molecule has 31 heavy (non-hydrogen) atoms. The van der Waals surface area contributed by atoms with Crippen LogP contribution >= 0.6 is 0 Å². The summed E-state index contributed by atoms with van der Waals surface area (Å²) in [5.41, 5.74) is -1.05. The Morgan fingerprint density at radius 2 is 1.74 bits per heavy atom. The van der Waals surface area contributed by atoms with E-state index in [1.54, 1.807) is 32.9 Å². The van der Waals surface area contributed by atoms with Crippen molar-refractivity contribution in [1.29, 1.82) is 0 Å². The number of carbonyl (C=O) groups is 3. The molecule has 0 heterocycles. The highest BCUT2D eigenvalue weighted by Crippen LogP contribution is 2.30. The van der Waals surface area contributed by atoms with Gasteiger partial charge in [-0.2, -0.15) is 0 Å². The lowest BCUT2D eigenvalue weighted by Crippen LogP contribution is -2.60. The first-order valence-corrected chi connectivity index (χ1v) is 10.8.